The van der Waals surface area contributed by atoms with E-state index in [2.05, 4.69) is 5.32 Å². The molecule has 0 aliphatic carbocycles. The summed E-state index contributed by atoms with van der Waals surface area (Å²) in [6, 6.07) is 6.13. The fourth-order valence-corrected chi connectivity index (χ4v) is 1.91. The van der Waals surface area contributed by atoms with Gasteiger partial charge in [-0.25, -0.2) is 0 Å². The van der Waals surface area contributed by atoms with E-state index in [0.29, 0.717) is 17.5 Å². The second kappa shape index (κ2) is 6.01. The van der Waals surface area contributed by atoms with E-state index in [0.717, 1.165) is 0 Å². The maximum Gasteiger partial charge on any atom is 0.417 e. The van der Waals surface area contributed by atoms with Crippen LogP contribution < -0.4 is 5.32 Å². The third-order valence-corrected chi connectivity index (χ3v) is 3.21. The first kappa shape index (κ1) is 16.8. The zero-order chi connectivity index (χ0) is 15.6. The normalized spacial score (nSPS) is 16.4. The van der Waals surface area contributed by atoms with Crippen LogP contribution in [0.3, 0.4) is 0 Å². The zero-order valence-electron chi connectivity index (χ0n) is 11.0. The van der Waals surface area contributed by atoms with Crippen molar-refractivity contribution in [3.05, 3.63) is 34.9 Å². The molecule has 3 nitrogen and oxygen atoms in total. The Morgan fingerprint density at radius 2 is 1.95 bits per heavy atom. The Bertz CT molecular complexity index is 489. The summed E-state index contributed by atoms with van der Waals surface area (Å²) in [4.78, 5) is 11.6. The van der Waals surface area contributed by atoms with Gasteiger partial charge >= 0.3 is 6.18 Å². The van der Waals surface area contributed by atoms with Crippen LogP contribution in [0.15, 0.2) is 24.3 Å². The number of hydrogen-bond donors (Lipinski definition) is 2. The van der Waals surface area contributed by atoms with Gasteiger partial charge in [-0.2, -0.15) is 13.2 Å². The maximum absolute atomic E-state index is 12.5. The third kappa shape index (κ3) is 4.11. The molecule has 0 saturated heterocycles. The van der Waals surface area contributed by atoms with Gasteiger partial charge in [0.15, 0.2) is 5.60 Å². The van der Waals surface area contributed by atoms with Crippen molar-refractivity contribution in [1.82, 2.24) is 5.32 Å². The Morgan fingerprint density at radius 3 is 2.45 bits per heavy atom. The van der Waals surface area contributed by atoms with Gasteiger partial charge in [0, 0.05) is 5.02 Å². The highest BCUT2D eigenvalue weighted by Gasteiger charge is 2.51. The van der Waals surface area contributed by atoms with E-state index in [1.165, 1.54) is 0 Å². The molecule has 20 heavy (non-hydrogen) atoms. The summed E-state index contributed by atoms with van der Waals surface area (Å²) in [6.07, 6.45) is -5.93. The molecule has 0 radical (unpaired) electrons. The molecular formula is C13H15ClF3NO2. The van der Waals surface area contributed by atoms with Gasteiger partial charge in [-0.15, -0.1) is 0 Å². The van der Waals surface area contributed by atoms with Gasteiger partial charge < -0.3 is 10.4 Å². The molecule has 7 heteroatoms. The molecule has 0 heterocycles. The van der Waals surface area contributed by atoms with E-state index in [9.17, 15) is 23.1 Å². The molecular weight excluding hydrogens is 295 g/mol. The van der Waals surface area contributed by atoms with Crippen molar-refractivity contribution in [2.75, 3.05) is 0 Å². The van der Waals surface area contributed by atoms with Gasteiger partial charge in [-0.1, -0.05) is 29.8 Å². The number of rotatable bonds is 4. The van der Waals surface area contributed by atoms with Crippen LogP contribution in [0.2, 0.25) is 5.02 Å². The summed E-state index contributed by atoms with van der Waals surface area (Å²) in [7, 11) is 0. The fourth-order valence-electron chi connectivity index (χ4n) is 1.61. The number of alkyl halides is 3. The maximum atomic E-state index is 12.5. The average Bonchev–Trinajstić information content (AvgIpc) is 2.26. The van der Waals surface area contributed by atoms with Crippen molar-refractivity contribution in [2.24, 2.45) is 0 Å². The molecule has 0 spiro atoms. The number of nitrogens with one attached hydrogen (secondary N) is 1. The first-order valence-corrected chi connectivity index (χ1v) is 6.25. The Hall–Kier alpha value is -1.27. The highest BCUT2D eigenvalue weighted by Crippen LogP contribution is 2.32. The molecule has 0 bridgehead atoms. The highest BCUT2D eigenvalue weighted by molar-refractivity contribution is 6.31. The molecule has 1 rings (SSSR count). The third-order valence-electron chi connectivity index (χ3n) is 2.86. The van der Waals surface area contributed by atoms with Crippen molar-refractivity contribution < 1.29 is 23.1 Å². The fraction of sp³-hybridized carbons (Fsp3) is 0.462. The first-order valence-electron chi connectivity index (χ1n) is 5.87. The van der Waals surface area contributed by atoms with Crippen LogP contribution in [-0.4, -0.2) is 22.8 Å². The van der Waals surface area contributed by atoms with Crippen LogP contribution in [0, 0.1) is 0 Å². The number of carbonyl (C=O) groups is 1. The number of carbonyl (C=O) groups excluding carboxylic acids is 1. The minimum absolute atomic E-state index is 0.405. The van der Waals surface area contributed by atoms with E-state index < -0.39 is 30.1 Å². The lowest BCUT2D eigenvalue weighted by Crippen LogP contribution is -2.46. The number of halogens is 4. The van der Waals surface area contributed by atoms with E-state index in [-0.39, 0.29) is 0 Å². The standard InChI is InChI=1S/C13H15ClF3NO2/c1-8(9-5-3-4-6-10(9)14)18-11(19)7-12(2,20)13(15,16)17/h3-6,8,20H,7H2,1-2H3,(H,18,19)/t8-,12+/m1/s1. The lowest BCUT2D eigenvalue weighted by atomic mass is 10.0. The Morgan fingerprint density at radius 1 is 1.40 bits per heavy atom. The summed E-state index contributed by atoms with van der Waals surface area (Å²) in [6.45, 7) is 2.16. The van der Waals surface area contributed by atoms with E-state index in [1.807, 2.05) is 0 Å². The molecule has 1 aromatic rings. The lowest BCUT2D eigenvalue weighted by Gasteiger charge is -2.26. The molecule has 0 fully saturated rings. The quantitative estimate of drug-likeness (QED) is 0.897. The van der Waals surface area contributed by atoms with Gasteiger partial charge in [-0.3, -0.25) is 4.79 Å². The van der Waals surface area contributed by atoms with Crippen LogP contribution in [0.4, 0.5) is 13.2 Å². The van der Waals surface area contributed by atoms with Crippen LogP contribution >= 0.6 is 11.6 Å². The molecule has 2 N–H and O–H groups in total. The van der Waals surface area contributed by atoms with E-state index in [1.54, 1.807) is 31.2 Å². The van der Waals surface area contributed by atoms with Crippen molar-refractivity contribution in [1.29, 1.82) is 0 Å². The van der Waals surface area contributed by atoms with Crippen LogP contribution in [-0.2, 0) is 4.79 Å². The van der Waals surface area contributed by atoms with Crippen molar-refractivity contribution in [2.45, 2.75) is 38.1 Å². The second-order valence-corrected chi connectivity index (χ2v) is 5.17. The Labute approximate surface area is 119 Å². The van der Waals surface area contributed by atoms with Gasteiger partial charge in [0.05, 0.1) is 12.5 Å². The summed E-state index contributed by atoms with van der Waals surface area (Å²) in [5, 5.41) is 12.0. The van der Waals surface area contributed by atoms with E-state index in [4.69, 9.17) is 11.6 Å². The summed E-state index contributed by atoms with van der Waals surface area (Å²) in [5.41, 5.74) is -2.47. The lowest BCUT2D eigenvalue weighted by molar-refractivity contribution is -0.253. The van der Waals surface area contributed by atoms with Gasteiger partial charge in [0.1, 0.15) is 0 Å². The molecule has 0 unspecified atom stereocenters. The van der Waals surface area contributed by atoms with Crippen molar-refractivity contribution >= 4 is 17.5 Å². The first-order chi connectivity index (χ1) is 9.04. The molecule has 1 aromatic carbocycles. The molecule has 0 aliphatic heterocycles. The van der Waals surface area contributed by atoms with Gasteiger partial charge in [0.25, 0.3) is 0 Å². The molecule has 0 aromatic heterocycles. The van der Waals surface area contributed by atoms with Crippen LogP contribution in [0.5, 0.6) is 0 Å². The smallest absolute Gasteiger partial charge is 0.380 e. The predicted octanol–water partition coefficient (Wildman–Crippen LogP) is 3.22. The highest BCUT2D eigenvalue weighted by atomic mass is 35.5. The number of aliphatic hydroxyl groups is 1. The second-order valence-electron chi connectivity index (χ2n) is 4.76. The molecule has 0 aliphatic rings. The minimum Gasteiger partial charge on any atom is -0.380 e. The summed E-state index contributed by atoms with van der Waals surface area (Å²) < 4.78 is 37.4. The summed E-state index contributed by atoms with van der Waals surface area (Å²) in [5.74, 6) is -0.903. The molecule has 112 valence electrons. The number of hydrogen-bond acceptors (Lipinski definition) is 2. The van der Waals surface area contributed by atoms with Crippen molar-refractivity contribution in [3.8, 4) is 0 Å². The van der Waals surface area contributed by atoms with E-state index >= 15 is 0 Å². The topological polar surface area (TPSA) is 49.3 Å². The molecule has 0 saturated carbocycles. The Balaban J connectivity index is 2.71. The summed E-state index contributed by atoms with van der Waals surface area (Å²) >= 11 is 5.93. The minimum atomic E-state index is -4.86. The monoisotopic (exact) mass is 309 g/mol. The van der Waals surface area contributed by atoms with Gasteiger partial charge in [0.2, 0.25) is 5.91 Å². The SMILES string of the molecule is C[C@@H](NC(=O)C[C@](C)(O)C(F)(F)F)c1ccccc1Cl. The Kier molecular flexibility index (Phi) is 5.05. The van der Waals surface area contributed by atoms with Crippen LogP contribution in [0.25, 0.3) is 0 Å². The van der Waals surface area contributed by atoms with Crippen molar-refractivity contribution in [3.63, 3.8) is 0 Å². The predicted molar refractivity (Wildman–Crippen MR) is 69.3 cm³/mol. The zero-order valence-corrected chi connectivity index (χ0v) is 11.7. The largest absolute Gasteiger partial charge is 0.417 e. The molecule has 1 amide bonds. The number of amides is 1. The van der Waals surface area contributed by atoms with Crippen LogP contribution in [0.1, 0.15) is 31.9 Å². The molecule has 2 atom stereocenters. The average molecular weight is 310 g/mol. The van der Waals surface area contributed by atoms with Gasteiger partial charge in [-0.05, 0) is 25.5 Å². The number of benzene rings is 1.